The molecule has 18 heavy (non-hydrogen) atoms. The number of amides is 1. The van der Waals surface area contributed by atoms with Crippen molar-refractivity contribution in [1.82, 2.24) is 9.88 Å². The zero-order chi connectivity index (χ0) is 13.3. The third-order valence-electron chi connectivity index (χ3n) is 3.28. The fourth-order valence-electron chi connectivity index (χ4n) is 2.03. The quantitative estimate of drug-likeness (QED) is 0.857. The molecule has 0 saturated carbocycles. The summed E-state index contributed by atoms with van der Waals surface area (Å²) >= 11 is 0. The van der Waals surface area contributed by atoms with E-state index in [-0.39, 0.29) is 12.1 Å². The molecule has 0 aliphatic carbocycles. The van der Waals surface area contributed by atoms with Gasteiger partial charge < -0.3 is 10.0 Å². The summed E-state index contributed by atoms with van der Waals surface area (Å²) in [4.78, 5) is 28.1. The number of rotatable bonds is 2. The van der Waals surface area contributed by atoms with Gasteiger partial charge >= 0.3 is 5.97 Å². The number of likely N-dealkylation sites (tertiary alicyclic amines) is 1. The van der Waals surface area contributed by atoms with Gasteiger partial charge in [0.1, 0.15) is 0 Å². The molecule has 2 rings (SSSR count). The number of nitrogens with zero attached hydrogens (tertiary/aromatic N) is 2. The van der Waals surface area contributed by atoms with E-state index in [4.69, 9.17) is 5.11 Å². The molecule has 1 saturated heterocycles. The van der Waals surface area contributed by atoms with E-state index in [1.165, 1.54) is 17.2 Å². The minimum Gasteiger partial charge on any atom is -0.481 e. The Bertz CT molecular complexity index is 506. The van der Waals surface area contributed by atoms with Gasteiger partial charge in [-0.15, -0.1) is 0 Å². The van der Waals surface area contributed by atoms with Crippen molar-refractivity contribution in [3.63, 3.8) is 0 Å². The van der Waals surface area contributed by atoms with Gasteiger partial charge in [-0.05, 0) is 19.4 Å². The average molecular weight is 252 g/mol. The SMILES string of the molecule is C[C@]1(C(=O)O)CCN(C(=O)c2ccncc2F)C1. The lowest BCUT2D eigenvalue weighted by molar-refractivity contribution is -0.147. The molecule has 1 aliphatic heterocycles. The number of pyridine rings is 1. The molecule has 1 fully saturated rings. The van der Waals surface area contributed by atoms with Gasteiger partial charge in [0.25, 0.3) is 5.91 Å². The second-order valence-corrected chi connectivity index (χ2v) is 4.70. The molecule has 0 unspecified atom stereocenters. The molecule has 0 aromatic carbocycles. The largest absolute Gasteiger partial charge is 0.481 e. The van der Waals surface area contributed by atoms with Gasteiger partial charge in [0, 0.05) is 19.3 Å². The number of carbonyl (C=O) groups is 2. The molecule has 1 aromatic heterocycles. The lowest BCUT2D eigenvalue weighted by Crippen LogP contribution is -2.35. The smallest absolute Gasteiger partial charge is 0.311 e. The molecule has 1 amide bonds. The van der Waals surface area contributed by atoms with Crippen LogP contribution >= 0.6 is 0 Å². The first-order valence-electron chi connectivity index (χ1n) is 5.56. The summed E-state index contributed by atoms with van der Waals surface area (Å²) in [6.07, 6.45) is 2.68. The summed E-state index contributed by atoms with van der Waals surface area (Å²) in [7, 11) is 0. The molecular formula is C12H13FN2O3. The first kappa shape index (κ1) is 12.5. The number of hydrogen-bond acceptors (Lipinski definition) is 3. The van der Waals surface area contributed by atoms with E-state index in [9.17, 15) is 14.0 Å². The van der Waals surface area contributed by atoms with Crippen LogP contribution in [-0.2, 0) is 4.79 Å². The molecule has 1 aromatic rings. The van der Waals surface area contributed by atoms with Crippen LogP contribution < -0.4 is 0 Å². The average Bonchev–Trinajstić information content (AvgIpc) is 2.73. The van der Waals surface area contributed by atoms with E-state index in [0.29, 0.717) is 13.0 Å². The summed E-state index contributed by atoms with van der Waals surface area (Å²) < 4.78 is 13.4. The van der Waals surface area contributed by atoms with Crippen LogP contribution in [0.5, 0.6) is 0 Å². The van der Waals surface area contributed by atoms with E-state index in [1.807, 2.05) is 0 Å². The monoisotopic (exact) mass is 252 g/mol. The summed E-state index contributed by atoms with van der Waals surface area (Å²) in [5, 5.41) is 9.08. The molecule has 6 heteroatoms. The molecule has 0 radical (unpaired) electrons. The van der Waals surface area contributed by atoms with Crippen molar-refractivity contribution in [2.45, 2.75) is 13.3 Å². The number of halogens is 1. The highest BCUT2D eigenvalue weighted by molar-refractivity contribution is 5.95. The number of carboxylic acid groups (broad SMARTS) is 1. The van der Waals surface area contributed by atoms with Crippen molar-refractivity contribution in [3.05, 3.63) is 29.8 Å². The first-order valence-corrected chi connectivity index (χ1v) is 5.56. The maximum absolute atomic E-state index is 13.4. The highest BCUT2D eigenvalue weighted by Crippen LogP contribution is 2.31. The maximum Gasteiger partial charge on any atom is 0.311 e. The Morgan fingerprint density at radius 3 is 2.83 bits per heavy atom. The maximum atomic E-state index is 13.4. The van der Waals surface area contributed by atoms with Crippen molar-refractivity contribution in [2.75, 3.05) is 13.1 Å². The van der Waals surface area contributed by atoms with Crippen molar-refractivity contribution in [2.24, 2.45) is 5.41 Å². The minimum absolute atomic E-state index is 0.0698. The van der Waals surface area contributed by atoms with Gasteiger partial charge in [0.15, 0.2) is 5.82 Å². The third kappa shape index (κ3) is 2.05. The topological polar surface area (TPSA) is 70.5 Å². The standard InChI is InChI=1S/C12H13FN2O3/c1-12(11(17)18)3-5-15(7-12)10(16)8-2-4-14-6-9(8)13/h2,4,6H,3,5,7H2,1H3,(H,17,18)/t12-/m0/s1. The Labute approximate surface area is 103 Å². The molecule has 0 spiro atoms. The molecule has 96 valence electrons. The van der Waals surface area contributed by atoms with Gasteiger partial charge in [-0.3, -0.25) is 14.6 Å². The lowest BCUT2D eigenvalue weighted by atomic mass is 9.90. The molecule has 0 bridgehead atoms. The highest BCUT2D eigenvalue weighted by Gasteiger charge is 2.42. The van der Waals surface area contributed by atoms with Crippen LogP contribution in [0, 0.1) is 11.2 Å². The van der Waals surface area contributed by atoms with Crippen LogP contribution in [0.1, 0.15) is 23.7 Å². The summed E-state index contributed by atoms with van der Waals surface area (Å²) in [5.74, 6) is -2.11. The number of aliphatic carboxylic acids is 1. The molecular weight excluding hydrogens is 239 g/mol. The fourth-order valence-corrected chi connectivity index (χ4v) is 2.03. The van der Waals surface area contributed by atoms with Crippen molar-refractivity contribution >= 4 is 11.9 Å². The number of hydrogen-bond donors (Lipinski definition) is 1. The Kier molecular flexibility index (Phi) is 3.02. The Morgan fingerprint density at radius 2 is 2.28 bits per heavy atom. The second kappa shape index (κ2) is 4.36. The van der Waals surface area contributed by atoms with E-state index in [0.717, 1.165) is 6.20 Å². The Hall–Kier alpha value is -1.98. The van der Waals surface area contributed by atoms with E-state index >= 15 is 0 Å². The predicted octanol–water partition coefficient (Wildman–Crippen LogP) is 1.16. The van der Waals surface area contributed by atoms with Crippen LogP contribution in [0.4, 0.5) is 4.39 Å². The lowest BCUT2D eigenvalue weighted by Gasteiger charge is -2.20. The highest BCUT2D eigenvalue weighted by atomic mass is 19.1. The predicted molar refractivity (Wildman–Crippen MR) is 60.5 cm³/mol. The van der Waals surface area contributed by atoms with Crippen LogP contribution in [-0.4, -0.2) is 40.0 Å². The fraction of sp³-hybridized carbons (Fsp3) is 0.417. The second-order valence-electron chi connectivity index (χ2n) is 4.70. The molecule has 5 nitrogen and oxygen atoms in total. The van der Waals surface area contributed by atoms with Crippen molar-refractivity contribution in [1.29, 1.82) is 0 Å². The van der Waals surface area contributed by atoms with Gasteiger partial charge in [-0.1, -0.05) is 0 Å². The molecule has 2 heterocycles. The van der Waals surface area contributed by atoms with Gasteiger partial charge in [-0.25, -0.2) is 4.39 Å². The number of carbonyl (C=O) groups excluding carboxylic acids is 1. The summed E-state index contributed by atoms with van der Waals surface area (Å²) in [6.45, 7) is 2.01. The Balaban J connectivity index is 2.18. The number of carboxylic acids is 1. The minimum atomic E-state index is -0.945. The van der Waals surface area contributed by atoms with Crippen LogP contribution in [0.25, 0.3) is 0 Å². The molecule has 1 N–H and O–H groups in total. The normalized spacial score (nSPS) is 23.1. The van der Waals surface area contributed by atoms with Crippen molar-refractivity contribution < 1.29 is 19.1 Å². The molecule has 1 atom stereocenters. The summed E-state index contributed by atoms with van der Waals surface area (Å²) in [6, 6.07) is 1.30. The van der Waals surface area contributed by atoms with Gasteiger partial charge in [0.2, 0.25) is 0 Å². The van der Waals surface area contributed by atoms with Crippen LogP contribution in [0.3, 0.4) is 0 Å². The van der Waals surface area contributed by atoms with E-state index in [1.54, 1.807) is 6.92 Å². The number of aromatic nitrogens is 1. The van der Waals surface area contributed by atoms with Gasteiger partial charge in [0.05, 0.1) is 17.2 Å². The Morgan fingerprint density at radius 1 is 1.56 bits per heavy atom. The summed E-state index contributed by atoms with van der Waals surface area (Å²) in [5.41, 5.74) is -1.02. The van der Waals surface area contributed by atoms with E-state index in [2.05, 4.69) is 4.98 Å². The molecule has 1 aliphatic rings. The van der Waals surface area contributed by atoms with Gasteiger partial charge in [-0.2, -0.15) is 0 Å². The van der Waals surface area contributed by atoms with Crippen molar-refractivity contribution in [3.8, 4) is 0 Å². The third-order valence-corrected chi connectivity index (χ3v) is 3.28. The zero-order valence-corrected chi connectivity index (χ0v) is 9.89. The van der Waals surface area contributed by atoms with Crippen LogP contribution in [0.2, 0.25) is 0 Å². The van der Waals surface area contributed by atoms with Crippen LogP contribution in [0.15, 0.2) is 18.5 Å². The first-order chi connectivity index (χ1) is 8.44. The zero-order valence-electron chi connectivity index (χ0n) is 9.89. The van der Waals surface area contributed by atoms with E-state index < -0.39 is 23.1 Å².